The van der Waals surface area contributed by atoms with Gasteiger partial charge in [-0.15, -0.1) is 0 Å². The van der Waals surface area contributed by atoms with Crippen LogP contribution in [0.1, 0.15) is 6.92 Å². The second-order valence-corrected chi connectivity index (χ2v) is 7.48. The molecule has 0 spiro atoms. The van der Waals surface area contributed by atoms with Gasteiger partial charge in [-0.2, -0.15) is 8.42 Å². The molecular formula is C17H17ClN4O6S. The van der Waals surface area contributed by atoms with Crippen LogP contribution in [0.5, 0.6) is 5.75 Å². The van der Waals surface area contributed by atoms with Crippen molar-refractivity contribution in [2.45, 2.75) is 11.8 Å². The lowest BCUT2D eigenvalue weighted by Crippen LogP contribution is -2.35. The maximum absolute atomic E-state index is 12.4. The zero-order valence-electron chi connectivity index (χ0n) is 15.3. The lowest BCUT2D eigenvalue weighted by molar-refractivity contribution is -0.114. The highest BCUT2D eigenvalue weighted by atomic mass is 35.5. The number of guanidine groups is 1. The predicted octanol–water partition coefficient (Wildman–Crippen LogP) is 2.77. The molecule has 2 aromatic rings. The van der Waals surface area contributed by atoms with Gasteiger partial charge in [0, 0.05) is 18.0 Å². The Morgan fingerprint density at radius 1 is 1.03 bits per heavy atom. The number of carbonyl (C=O) groups excluding carboxylic acids is 2. The highest BCUT2D eigenvalue weighted by molar-refractivity contribution is 7.87. The summed E-state index contributed by atoms with van der Waals surface area (Å²) in [5.74, 6) is -0.966. The van der Waals surface area contributed by atoms with Crippen LogP contribution in [-0.4, -0.2) is 33.5 Å². The van der Waals surface area contributed by atoms with E-state index in [-0.39, 0.29) is 22.0 Å². The Morgan fingerprint density at radius 3 is 2.28 bits per heavy atom. The van der Waals surface area contributed by atoms with Crippen LogP contribution in [0.3, 0.4) is 0 Å². The zero-order valence-corrected chi connectivity index (χ0v) is 16.8. The van der Waals surface area contributed by atoms with Crippen LogP contribution in [0.15, 0.2) is 47.4 Å². The number of nitrogens with one attached hydrogen (secondary N) is 4. The summed E-state index contributed by atoms with van der Waals surface area (Å²) in [5.41, 5.74) is 0.329. The Labute approximate surface area is 171 Å². The van der Waals surface area contributed by atoms with E-state index in [4.69, 9.17) is 21.2 Å². The molecule has 0 bridgehead atoms. The number of rotatable bonds is 5. The standard InChI is InChI=1S/C17H17ClN4O6S/c1-10(23)20-14-8-5-12(9-15(14)21-16(19)22-17(24)27-2)28-29(25,26)13-6-3-11(18)4-7-13/h3-9H,1-2H3,(H,20,23)(H3,19,21,22,24). The van der Waals surface area contributed by atoms with Gasteiger partial charge in [0.2, 0.25) is 11.9 Å². The third kappa shape index (κ3) is 6.36. The number of halogens is 1. The first-order chi connectivity index (χ1) is 13.6. The Morgan fingerprint density at radius 2 is 1.69 bits per heavy atom. The predicted molar refractivity (Wildman–Crippen MR) is 107 cm³/mol. The summed E-state index contributed by atoms with van der Waals surface area (Å²) in [6, 6.07) is 9.33. The first-order valence-electron chi connectivity index (χ1n) is 7.93. The number of hydrogen-bond donors (Lipinski definition) is 4. The smallest absolute Gasteiger partial charge is 0.413 e. The summed E-state index contributed by atoms with van der Waals surface area (Å²) in [7, 11) is -3.02. The molecule has 2 amide bonds. The second-order valence-electron chi connectivity index (χ2n) is 5.50. The molecule has 0 saturated heterocycles. The van der Waals surface area contributed by atoms with Gasteiger partial charge in [-0.1, -0.05) is 11.6 Å². The normalized spacial score (nSPS) is 10.6. The molecule has 2 rings (SSSR count). The van der Waals surface area contributed by atoms with Crippen molar-refractivity contribution in [3.05, 3.63) is 47.5 Å². The molecule has 0 radical (unpaired) electrons. The van der Waals surface area contributed by atoms with Crippen LogP contribution in [0.4, 0.5) is 16.2 Å². The average Bonchev–Trinajstić information content (AvgIpc) is 2.63. The van der Waals surface area contributed by atoms with Crippen LogP contribution in [0.25, 0.3) is 0 Å². The molecule has 0 atom stereocenters. The fourth-order valence-corrected chi connectivity index (χ4v) is 3.12. The summed E-state index contributed by atoms with van der Waals surface area (Å²) in [6.07, 6.45) is -0.888. The number of methoxy groups -OCH3 is 1. The van der Waals surface area contributed by atoms with Crippen molar-refractivity contribution in [1.82, 2.24) is 5.32 Å². The Kier molecular flexibility index (Phi) is 7.02. The van der Waals surface area contributed by atoms with Crippen LogP contribution in [0, 0.1) is 5.41 Å². The minimum absolute atomic E-state index is 0.0950. The van der Waals surface area contributed by atoms with Crippen molar-refractivity contribution >= 4 is 51.1 Å². The van der Waals surface area contributed by atoms with E-state index in [1.54, 1.807) is 0 Å². The largest absolute Gasteiger partial charge is 0.453 e. The van der Waals surface area contributed by atoms with E-state index in [0.717, 1.165) is 7.11 Å². The van der Waals surface area contributed by atoms with Crippen molar-refractivity contribution in [2.24, 2.45) is 0 Å². The molecule has 29 heavy (non-hydrogen) atoms. The summed E-state index contributed by atoms with van der Waals surface area (Å²) in [6.45, 7) is 1.28. The number of anilines is 2. The van der Waals surface area contributed by atoms with E-state index in [1.165, 1.54) is 49.4 Å². The topological polar surface area (TPSA) is 147 Å². The van der Waals surface area contributed by atoms with Crippen molar-refractivity contribution < 1.29 is 26.9 Å². The quantitative estimate of drug-likeness (QED) is 0.317. The third-order valence-electron chi connectivity index (χ3n) is 3.28. The van der Waals surface area contributed by atoms with Gasteiger partial charge in [-0.05, 0) is 36.4 Å². The Bertz CT molecular complexity index is 1040. The van der Waals surface area contributed by atoms with Gasteiger partial charge in [0.05, 0.1) is 18.5 Å². The number of amides is 2. The van der Waals surface area contributed by atoms with E-state index in [0.29, 0.717) is 5.02 Å². The Hall–Kier alpha value is -3.31. The summed E-state index contributed by atoms with van der Waals surface area (Å²) in [4.78, 5) is 22.5. The van der Waals surface area contributed by atoms with E-state index < -0.39 is 28.1 Å². The van der Waals surface area contributed by atoms with Crippen LogP contribution >= 0.6 is 11.6 Å². The van der Waals surface area contributed by atoms with E-state index in [2.05, 4.69) is 20.7 Å². The minimum atomic E-state index is -4.15. The first kappa shape index (κ1) is 22.0. The molecule has 4 N–H and O–H groups in total. The molecular weight excluding hydrogens is 424 g/mol. The molecule has 0 heterocycles. The SMILES string of the molecule is COC(=O)NC(=N)Nc1cc(OS(=O)(=O)c2ccc(Cl)cc2)ccc1NC(C)=O. The van der Waals surface area contributed by atoms with E-state index in [1.807, 2.05) is 0 Å². The highest BCUT2D eigenvalue weighted by Gasteiger charge is 2.18. The molecule has 2 aromatic carbocycles. The lowest BCUT2D eigenvalue weighted by Gasteiger charge is -2.15. The van der Waals surface area contributed by atoms with Gasteiger partial charge < -0.3 is 19.6 Å². The van der Waals surface area contributed by atoms with Crippen molar-refractivity contribution in [3.63, 3.8) is 0 Å². The van der Waals surface area contributed by atoms with Gasteiger partial charge in [0.15, 0.2) is 0 Å². The lowest BCUT2D eigenvalue weighted by atomic mass is 10.2. The molecule has 0 fully saturated rings. The molecule has 10 nitrogen and oxygen atoms in total. The average molecular weight is 441 g/mol. The fourth-order valence-electron chi connectivity index (χ4n) is 2.07. The van der Waals surface area contributed by atoms with Gasteiger partial charge in [-0.25, -0.2) is 4.79 Å². The van der Waals surface area contributed by atoms with Crippen LogP contribution in [-0.2, 0) is 19.6 Å². The number of ether oxygens (including phenoxy) is 1. The molecule has 0 aromatic heterocycles. The summed E-state index contributed by atoms with van der Waals surface area (Å²) < 4.78 is 34.3. The number of alkyl carbamates (subject to hydrolysis) is 1. The third-order valence-corrected chi connectivity index (χ3v) is 4.80. The second kappa shape index (κ2) is 9.26. The molecule has 0 aliphatic rings. The van der Waals surface area contributed by atoms with Gasteiger partial charge in [-0.3, -0.25) is 15.5 Å². The van der Waals surface area contributed by atoms with E-state index in [9.17, 15) is 18.0 Å². The summed E-state index contributed by atoms with van der Waals surface area (Å²) in [5, 5.41) is 15.2. The van der Waals surface area contributed by atoms with Gasteiger partial charge in [0.25, 0.3) is 0 Å². The maximum atomic E-state index is 12.4. The van der Waals surface area contributed by atoms with E-state index >= 15 is 0 Å². The Balaban J connectivity index is 2.31. The molecule has 154 valence electrons. The summed E-state index contributed by atoms with van der Waals surface area (Å²) >= 11 is 5.76. The van der Waals surface area contributed by atoms with Crippen molar-refractivity contribution in [1.29, 1.82) is 5.41 Å². The maximum Gasteiger partial charge on any atom is 0.413 e. The first-order valence-corrected chi connectivity index (χ1v) is 9.71. The molecule has 12 heteroatoms. The minimum Gasteiger partial charge on any atom is -0.453 e. The monoisotopic (exact) mass is 440 g/mol. The number of hydrogen-bond acceptors (Lipinski definition) is 7. The molecule has 0 unspecified atom stereocenters. The number of benzene rings is 2. The van der Waals surface area contributed by atoms with Gasteiger partial charge in [0.1, 0.15) is 10.6 Å². The fraction of sp³-hybridized carbons (Fsp3) is 0.118. The molecule has 0 aliphatic heterocycles. The highest BCUT2D eigenvalue weighted by Crippen LogP contribution is 2.29. The molecule has 0 saturated carbocycles. The van der Waals surface area contributed by atoms with Crippen LogP contribution < -0.4 is 20.1 Å². The number of carbonyl (C=O) groups is 2. The van der Waals surface area contributed by atoms with Crippen molar-refractivity contribution in [3.8, 4) is 5.75 Å². The molecule has 0 aliphatic carbocycles. The zero-order chi connectivity index (χ0) is 21.6. The van der Waals surface area contributed by atoms with Crippen LogP contribution in [0.2, 0.25) is 5.02 Å². The van der Waals surface area contributed by atoms with Crippen molar-refractivity contribution in [2.75, 3.05) is 17.7 Å². The van der Waals surface area contributed by atoms with Gasteiger partial charge >= 0.3 is 16.2 Å².